The summed E-state index contributed by atoms with van der Waals surface area (Å²) >= 11 is 5.82. The van der Waals surface area contributed by atoms with E-state index in [4.69, 9.17) is 11.6 Å². The number of phenolic OH excluding ortho intramolecular Hbond substituents is 2. The van der Waals surface area contributed by atoms with Gasteiger partial charge in [-0.2, -0.15) is 13.2 Å². The van der Waals surface area contributed by atoms with E-state index in [0.717, 1.165) is 18.2 Å². The van der Waals surface area contributed by atoms with Crippen molar-refractivity contribution in [1.29, 1.82) is 0 Å². The van der Waals surface area contributed by atoms with Crippen LogP contribution in [0, 0.1) is 0 Å². The van der Waals surface area contributed by atoms with E-state index in [2.05, 4.69) is 5.32 Å². The van der Waals surface area contributed by atoms with Crippen molar-refractivity contribution in [2.45, 2.75) is 6.18 Å². The Balaban J connectivity index is 2.04. The first-order valence-corrected chi connectivity index (χ1v) is 6.59. The van der Waals surface area contributed by atoms with E-state index in [0.29, 0.717) is 11.4 Å². The molecule has 0 aromatic heterocycles. The molecule has 0 unspecified atom stereocenters. The van der Waals surface area contributed by atoms with Crippen LogP contribution in [-0.2, 0) is 6.18 Å². The van der Waals surface area contributed by atoms with Gasteiger partial charge in [0, 0.05) is 6.07 Å². The smallest absolute Gasteiger partial charge is 0.416 e. The van der Waals surface area contributed by atoms with Crippen LogP contribution < -0.4 is 10.2 Å². The summed E-state index contributed by atoms with van der Waals surface area (Å²) < 4.78 is 38.1. The average Bonchev–Trinajstić information content (AvgIpc) is 2.85. The molecule has 0 saturated heterocycles. The van der Waals surface area contributed by atoms with E-state index in [1.54, 1.807) is 4.90 Å². The number of fused-ring (bicyclic) bond motifs is 1. The van der Waals surface area contributed by atoms with Gasteiger partial charge in [0.2, 0.25) is 0 Å². The molecule has 1 aliphatic rings. The molecule has 8 heteroatoms. The van der Waals surface area contributed by atoms with Gasteiger partial charge in [-0.05, 0) is 24.3 Å². The number of hydrogen-bond acceptors (Lipinski definition) is 4. The topological polar surface area (TPSA) is 55.7 Å². The molecule has 1 aliphatic heterocycles. The molecular formula is C14H10ClF3N2O2. The first kappa shape index (κ1) is 14.6. The van der Waals surface area contributed by atoms with Gasteiger partial charge in [0.15, 0.2) is 0 Å². The summed E-state index contributed by atoms with van der Waals surface area (Å²) in [6.45, 7) is 0.172. The second-order valence-electron chi connectivity index (χ2n) is 4.78. The van der Waals surface area contributed by atoms with E-state index in [1.165, 1.54) is 12.1 Å². The maximum atomic E-state index is 12.7. The Bertz CT molecular complexity index is 750. The Labute approximate surface area is 128 Å². The normalized spacial score (nSPS) is 13.9. The molecule has 0 fully saturated rings. The molecule has 116 valence electrons. The quantitative estimate of drug-likeness (QED) is 0.730. The zero-order chi connectivity index (χ0) is 16.1. The summed E-state index contributed by atoms with van der Waals surface area (Å²) in [5.74, 6) is -0.501. The summed E-state index contributed by atoms with van der Waals surface area (Å²) in [5, 5.41) is 22.2. The predicted octanol–water partition coefficient (Wildman–Crippen LogP) is 4.29. The van der Waals surface area contributed by atoms with Crippen LogP contribution in [0.25, 0.3) is 0 Å². The van der Waals surface area contributed by atoms with Gasteiger partial charge in [0.25, 0.3) is 0 Å². The molecule has 3 N–H and O–H groups in total. The number of anilines is 3. The zero-order valence-electron chi connectivity index (χ0n) is 10.9. The number of nitrogens with one attached hydrogen (secondary N) is 1. The fourth-order valence-electron chi connectivity index (χ4n) is 2.31. The SMILES string of the molecule is Oc1cc(O)c(N2CNc3cc(C(F)(F)F)ccc32)cc1Cl. The van der Waals surface area contributed by atoms with E-state index < -0.39 is 11.7 Å². The fourth-order valence-corrected chi connectivity index (χ4v) is 2.47. The fraction of sp³-hybridized carbons (Fsp3) is 0.143. The lowest BCUT2D eigenvalue weighted by Crippen LogP contribution is -2.16. The molecule has 0 saturated carbocycles. The Morgan fingerprint density at radius 3 is 2.45 bits per heavy atom. The molecule has 0 bridgehead atoms. The number of hydrogen-bond donors (Lipinski definition) is 3. The Hall–Kier alpha value is -2.28. The van der Waals surface area contributed by atoms with Crippen molar-refractivity contribution in [2.75, 3.05) is 16.9 Å². The molecule has 2 aromatic rings. The van der Waals surface area contributed by atoms with Crippen molar-refractivity contribution in [3.05, 3.63) is 40.9 Å². The molecule has 0 amide bonds. The summed E-state index contributed by atoms with van der Waals surface area (Å²) in [6.07, 6.45) is -4.42. The van der Waals surface area contributed by atoms with Crippen molar-refractivity contribution >= 4 is 28.7 Å². The van der Waals surface area contributed by atoms with Crippen LogP contribution in [0.2, 0.25) is 5.02 Å². The predicted molar refractivity (Wildman–Crippen MR) is 76.9 cm³/mol. The molecule has 0 radical (unpaired) electrons. The van der Waals surface area contributed by atoms with Gasteiger partial charge in [-0.1, -0.05) is 11.6 Å². The maximum absolute atomic E-state index is 12.7. The minimum Gasteiger partial charge on any atom is -0.506 e. The summed E-state index contributed by atoms with van der Waals surface area (Å²) in [4.78, 5) is 1.57. The van der Waals surface area contributed by atoms with E-state index in [-0.39, 0.29) is 28.9 Å². The van der Waals surface area contributed by atoms with Crippen LogP contribution >= 0.6 is 11.6 Å². The molecule has 22 heavy (non-hydrogen) atoms. The minimum atomic E-state index is -4.42. The highest BCUT2D eigenvalue weighted by atomic mass is 35.5. The number of alkyl halides is 3. The molecule has 2 aromatic carbocycles. The van der Waals surface area contributed by atoms with Crippen molar-refractivity contribution in [3.63, 3.8) is 0 Å². The Morgan fingerprint density at radius 1 is 1.05 bits per heavy atom. The number of halogens is 4. The lowest BCUT2D eigenvalue weighted by atomic mass is 10.1. The number of aromatic hydroxyl groups is 2. The van der Waals surface area contributed by atoms with Gasteiger partial charge in [-0.25, -0.2) is 0 Å². The number of rotatable bonds is 1. The van der Waals surface area contributed by atoms with Crippen LogP contribution in [0.1, 0.15) is 5.56 Å². The minimum absolute atomic E-state index is 0.0353. The largest absolute Gasteiger partial charge is 0.506 e. The molecule has 0 atom stereocenters. The van der Waals surface area contributed by atoms with Crippen LogP contribution in [0.5, 0.6) is 11.5 Å². The highest BCUT2D eigenvalue weighted by Crippen LogP contribution is 2.45. The van der Waals surface area contributed by atoms with Crippen LogP contribution in [0.15, 0.2) is 30.3 Å². The third-order valence-corrected chi connectivity index (χ3v) is 3.68. The lowest BCUT2D eigenvalue weighted by Gasteiger charge is -2.20. The Kier molecular flexibility index (Phi) is 3.25. The van der Waals surface area contributed by atoms with Crippen LogP contribution in [0.4, 0.5) is 30.2 Å². The second kappa shape index (κ2) is 4.88. The molecule has 0 aliphatic carbocycles. The Morgan fingerprint density at radius 2 is 1.77 bits per heavy atom. The van der Waals surface area contributed by atoms with E-state index >= 15 is 0 Å². The van der Waals surface area contributed by atoms with Gasteiger partial charge in [-0.15, -0.1) is 0 Å². The summed E-state index contributed by atoms with van der Waals surface area (Å²) in [7, 11) is 0. The third kappa shape index (κ3) is 2.37. The highest BCUT2D eigenvalue weighted by molar-refractivity contribution is 6.32. The van der Waals surface area contributed by atoms with Gasteiger partial charge < -0.3 is 20.4 Å². The molecule has 1 heterocycles. The third-order valence-electron chi connectivity index (χ3n) is 3.38. The second-order valence-corrected chi connectivity index (χ2v) is 5.19. The van der Waals surface area contributed by atoms with Gasteiger partial charge in [0.1, 0.15) is 11.5 Å². The van der Waals surface area contributed by atoms with Gasteiger partial charge >= 0.3 is 6.18 Å². The molecule has 0 spiro atoms. The van der Waals surface area contributed by atoms with Gasteiger partial charge in [-0.3, -0.25) is 0 Å². The summed E-state index contributed by atoms with van der Waals surface area (Å²) in [6, 6.07) is 5.73. The molecular weight excluding hydrogens is 321 g/mol. The van der Waals surface area contributed by atoms with Crippen LogP contribution in [0.3, 0.4) is 0 Å². The molecule has 3 rings (SSSR count). The van der Waals surface area contributed by atoms with Crippen molar-refractivity contribution in [1.82, 2.24) is 0 Å². The number of benzene rings is 2. The monoisotopic (exact) mass is 330 g/mol. The van der Waals surface area contributed by atoms with Crippen molar-refractivity contribution < 1.29 is 23.4 Å². The van der Waals surface area contributed by atoms with Crippen molar-refractivity contribution in [2.24, 2.45) is 0 Å². The zero-order valence-corrected chi connectivity index (χ0v) is 11.7. The number of phenols is 2. The standard InChI is InChI=1S/C14H10ClF3N2O2/c15-8-4-11(13(22)5-12(8)21)20-6-19-9-3-7(14(16,17)18)1-2-10(9)20/h1-5,19,21-22H,6H2. The van der Waals surface area contributed by atoms with E-state index in [1.807, 2.05) is 0 Å². The number of nitrogens with zero attached hydrogens (tertiary/aromatic N) is 1. The first-order chi connectivity index (χ1) is 10.3. The lowest BCUT2D eigenvalue weighted by molar-refractivity contribution is -0.137. The first-order valence-electron chi connectivity index (χ1n) is 6.21. The maximum Gasteiger partial charge on any atom is 0.416 e. The van der Waals surface area contributed by atoms with Crippen LogP contribution in [-0.4, -0.2) is 16.9 Å². The van der Waals surface area contributed by atoms with E-state index in [9.17, 15) is 23.4 Å². The highest BCUT2D eigenvalue weighted by Gasteiger charge is 2.33. The average molecular weight is 331 g/mol. The van der Waals surface area contributed by atoms with Crippen molar-refractivity contribution in [3.8, 4) is 11.5 Å². The molecule has 4 nitrogen and oxygen atoms in total. The summed E-state index contributed by atoms with van der Waals surface area (Å²) in [5.41, 5.74) is 0.311. The van der Waals surface area contributed by atoms with Gasteiger partial charge in [0.05, 0.1) is 34.3 Å².